The van der Waals surface area contributed by atoms with Gasteiger partial charge in [0, 0.05) is 5.69 Å². The Morgan fingerprint density at radius 1 is 0.885 bits per heavy atom. The molecule has 26 heavy (non-hydrogen) atoms. The highest BCUT2D eigenvalue weighted by atomic mass is 15.4. The maximum Gasteiger partial charge on any atom is 0.231 e. The van der Waals surface area contributed by atoms with Crippen molar-refractivity contribution in [3.8, 4) is 16.9 Å². The van der Waals surface area contributed by atoms with Crippen LogP contribution in [0.3, 0.4) is 0 Å². The summed E-state index contributed by atoms with van der Waals surface area (Å²) in [6.45, 7) is 0. The van der Waals surface area contributed by atoms with E-state index >= 15 is 0 Å². The molecule has 4 aromatic rings. The van der Waals surface area contributed by atoms with E-state index in [-0.39, 0.29) is 0 Å². The summed E-state index contributed by atoms with van der Waals surface area (Å²) < 4.78 is 1.58. The van der Waals surface area contributed by atoms with Crippen LogP contribution in [0.2, 0.25) is 0 Å². The first-order valence-corrected chi connectivity index (χ1v) is 7.96. The zero-order valence-electron chi connectivity index (χ0n) is 13.7. The van der Waals surface area contributed by atoms with E-state index in [9.17, 15) is 0 Å². The lowest BCUT2D eigenvalue weighted by molar-refractivity contribution is 0.843. The first-order valence-electron chi connectivity index (χ1n) is 7.96. The molecule has 0 spiro atoms. The molecule has 0 atom stereocenters. The number of nitrogens with two attached hydrogens (primary N) is 1. The second-order valence-corrected chi connectivity index (χ2v) is 5.44. The van der Waals surface area contributed by atoms with Crippen molar-refractivity contribution >= 4 is 17.5 Å². The smallest absolute Gasteiger partial charge is 0.231 e. The maximum atomic E-state index is 5.76. The van der Waals surface area contributed by atoms with Gasteiger partial charge in [0.05, 0.1) is 5.56 Å². The molecule has 2 heterocycles. The average molecular weight is 344 g/mol. The van der Waals surface area contributed by atoms with Crippen LogP contribution >= 0.6 is 0 Å². The second kappa shape index (κ2) is 6.99. The number of hydrogen-bond donors (Lipinski definition) is 3. The Morgan fingerprint density at radius 2 is 1.62 bits per heavy atom. The number of para-hydroxylation sites is 1. The molecule has 2 aromatic heterocycles. The number of rotatable bonds is 5. The third kappa shape index (κ3) is 3.08. The predicted molar refractivity (Wildman–Crippen MR) is 99.9 cm³/mol. The summed E-state index contributed by atoms with van der Waals surface area (Å²) >= 11 is 0. The normalized spacial score (nSPS) is 10.5. The van der Waals surface area contributed by atoms with Crippen LogP contribution in [0.5, 0.6) is 0 Å². The average Bonchev–Trinajstić information content (AvgIpc) is 3.23. The summed E-state index contributed by atoms with van der Waals surface area (Å²) in [5, 5.41) is 7.40. The molecular formula is C18H16N8. The van der Waals surface area contributed by atoms with E-state index in [0.717, 1.165) is 16.8 Å². The monoisotopic (exact) mass is 344 g/mol. The predicted octanol–water partition coefficient (Wildman–Crippen LogP) is 2.75. The van der Waals surface area contributed by atoms with Gasteiger partial charge in [0.15, 0.2) is 11.6 Å². The maximum absolute atomic E-state index is 5.76. The van der Waals surface area contributed by atoms with Gasteiger partial charge in [-0.1, -0.05) is 48.5 Å². The highest BCUT2D eigenvalue weighted by Gasteiger charge is 2.18. The molecule has 128 valence electrons. The minimum Gasteiger partial charge on any atom is -0.324 e. The van der Waals surface area contributed by atoms with Crippen molar-refractivity contribution in [1.82, 2.24) is 24.7 Å². The zero-order valence-corrected chi connectivity index (χ0v) is 13.7. The number of nitrogen functional groups attached to an aromatic ring is 1. The van der Waals surface area contributed by atoms with Crippen LogP contribution in [0.1, 0.15) is 0 Å². The van der Waals surface area contributed by atoms with Crippen molar-refractivity contribution in [2.75, 3.05) is 10.7 Å². The van der Waals surface area contributed by atoms with E-state index in [1.54, 1.807) is 11.0 Å². The van der Waals surface area contributed by atoms with E-state index < -0.39 is 0 Å². The van der Waals surface area contributed by atoms with E-state index in [4.69, 9.17) is 5.84 Å². The first-order chi connectivity index (χ1) is 12.8. The molecule has 0 aliphatic carbocycles. The Balaban J connectivity index is 1.88. The molecule has 0 saturated carbocycles. The number of nitrogens with zero attached hydrogens (tertiary/aromatic N) is 5. The molecule has 8 nitrogen and oxygen atoms in total. The van der Waals surface area contributed by atoms with Crippen molar-refractivity contribution in [3.05, 3.63) is 73.3 Å². The van der Waals surface area contributed by atoms with Crippen LogP contribution in [0.25, 0.3) is 16.9 Å². The lowest BCUT2D eigenvalue weighted by Gasteiger charge is -2.15. The molecule has 4 rings (SSSR count). The van der Waals surface area contributed by atoms with Crippen LogP contribution in [-0.2, 0) is 0 Å². The molecule has 0 saturated heterocycles. The number of hydrogen-bond acceptors (Lipinski definition) is 7. The van der Waals surface area contributed by atoms with Crippen molar-refractivity contribution in [2.45, 2.75) is 0 Å². The minimum atomic E-state index is 0.398. The fourth-order valence-electron chi connectivity index (χ4n) is 2.61. The zero-order chi connectivity index (χ0) is 17.8. The molecule has 0 amide bonds. The van der Waals surface area contributed by atoms with Crippen molar-refractivity contribution in [1.29, 1.82) is 0 Å². The Labute approximate surface area is 149 Å². The van der Waals surface area contributed by atoms with E-state index in [2.05, 4.69) is 30.8 Å². The number of anilines is 3. The molecule has 4 N–H and O–H groups in total. The SMILES string of the molecule is NNc1nc(Nc2ccccc2)nc(-n2cncn2)c1-c1ccccc1. The third-order valence-corrected chi connectivity index (χ3v) is 3.75. The summed E-state index contributed by atoms with van der Waals surface area (Å²) in [6.07, 6.45) is 3.04. The lowest BCUT2D eigenvalue weighted by Crippen LogP contribution is -2.15. The summed E-state index contributed by atoms with van der Waals surface area (Å²) in [5.41, 5.74) is 5.19. The van der Waals surface area contributed by atoms with Crippen molar-refractivity contribution < 1.29 is 0 Å². The molecule has 0 unspecified atom stereocenters. The van der Waals surface area contributed by atoms with Crippen LogP contribution < -0.4 is 16.6 Å². The van der Waals surface area contributed by atoms with Gasteiger partial charge in [0.2, 0.25) is 5.95 Å². The summed E-state index contributed by atoms with van der Waals surface area (Å²) in [4.78, 5) is 13.2. The molecular weight excluding hydrogens is 328 g/mol. The molecule has 0 fully saturated rings. The number of nitrogens with one attached hydrogen (secondary N) is 2. The van der Waals surface area contributed by atoms with Gasteiger partial charge >= 0.3 is 0 Å². The van der Waals surface area contributed by atoms with Gasteiger partial charge in [-0.2, -0.15) is 15.1 Å². The van der Waals surface area contributed by atoms with Gasteiger partial charge in [-0.15, -0.1) is 0 Å². The topological polar surface area (TPSA) is 107 Å². The molecule has 8 heteroatoms. The van der Waals surface area contributed by atoms with Gasteiger partial charge < -0.3 is 10.7 Å². The standard InChI is InChI=1S/C18H16N8/c19-25-16-15(13-7-3-1-4-8-13)17(26-12-20-11-21-26)24-18(23-16)22-14-9-5-2-6-10-14/h1-12H,19H2,(H2,22,23,24,25). The number of aromatic nitrogens is 5. The van der Waals surface area contributed by atoms with Gasteiger partial charge in [0.1, 0.15) is 12.7 Å². The molecule has 0 aliphatic heterocycles. The van der Waals surface area contributed by atoms with Crippen LogP contribution in [-0.4, -0.2) is 24.7 Å². The van der Waals surface area contributed by atoms with Crippen molar-refractivity contribution in [3.63, 3.8) is 0 Å². The summed E-state index contributed by atoms with van der Waals surface area (Å²) in [7, 11) is 0. The Bertz CT molecular complexity index is 985. The molecule has 0 bridgehead atoms. The van der Waals surface area contributed by atoms with Crippen LogP contribution in [0, 0.1) is 0 Å². The van der Waals surface area contributed by atoms with Gasteiger partial charge in [-0.25, -0.2) is 15.5 Å². The fourth-order valence-corrected chi connectivity index (χ4v) is 2.61. The Kier molecular flexibility index (Phi) is 4.23. The molecule has 0 aliphatic rings. The Hall–Kier alpha value is -3.78. The highest BCUT2D eigenvalue weighted by Crippen LogP contribution is 2.32. The quantitative estimate of drug-likeness (QED) is 0.377. The number of benzene rings is 2. The third-order valence-electron chi connectivity index (χ3n) is 3.75. The summed E-state index contributed by atoms with van der Waals surface area (Å²) in [6, 6.07) is 19.4. The van der Waals surface area contributed by atoms with Crippen LogP contribution in [0.15, 0.2) is 73.3 Å². The summed E-state index contributed by atoms with van der Waals surface area (Å²) in [5.74, 6) is 7.20. The fraction of sp³-hybridized carbons (Fsp3) is 0. The number of hydrazine groups is 1. The van der Waals surface area contributed by atoms with Gasteiger partial charge in [-0.05, 0) is 17.7 Å². The largest absolute Gasteiger partial charge is 0.324 e. The molecule has 0 radical (unpaired) electrons. The first kappa shape index (κ1) is 15.7. The Morgan fingerprint density at radius 3 is 2.27 bits per heavy atom. The minimum absolute atomic E-state index is 0.398. The second-order valence-electron chi connectivity index (χ2n) is 5.44. The van der Waals surface area contributed by atoms with E-state index in [1.165, 1.54) is 6.33 Å². The highest BCUT2D eigenvalue weighted by molar-refractivity contribution is 5.82. The van der Waals surface area contributed by atoms with Gasteiger partial charge in [0.25, 0.3) is 0 Å². The molecule has 2 aromatic carbocycles. The van der Waals surface area contributed by atoms with E-state index in [0.29, 0.717) is 17.6 Å². The van der Waals surface area contributed by atoms with Crippen LogP contribution in [0.4, 0.5) is 17.5 Å². The van der Waals surface area contributed by atoms with E-state index in [1.807, 2.05) is 60.7 Å². The van der Waals surface area contributed by atoms with Gasteiger partial charge in [-0.3, -0.25) is 0 Å². The lowest BCUT2D eigenvalue weighted by atomic mass is 10.1. The van der Waals surface area contributed by atoms with Crippen molar-refractivity contribution in [2.24, 2.45) is 5.84 Å².